The van der Waals surface area contributed by atoms with Crippen LogP contribution in [0.3, 0.4) is 0 Å². The van der Waals surface area contributed by atoms with Crippen LogP contribution in [0.15, 0.2) is 22.3 Å². The standard InChI is InChI=1S/C14H19ClO2/c1-8(2)5-10-7-12(15)11(6-9(3)4)14(17)13(10)16/h7-9H,5-6H2,1-4H3. The highest BCUT2D eigenvalue weighted by Crippen LogP contribution is 2.29. The van der Waals surface area contributed by atoms with Crippen LogP contribution in [0.2, 0.25) is 0 Å². The smallest absolute Gasteiger partial charge is 0.230 e. The molecule has 0 amide bonds. The number of carbonyl (C=O) groups excluding carboxylic acids is 2. The molecular weight excluding hydrogens is 236 g/mol. The number of Topliss-reactive ketones (excluding diaryl/α,β-unsaturated/α-hetero) is 2. The van der Waals surface area contributed by atoms with Crippen LogP contribution in [-0.2, 0) is 9.59 Å². The molecule has 17 heavy (non-hydrogen) atoms. The molecule has 0 N–H and O–H groups in total. The summed E-state index contributed by atoms with van der Waals surface area (Å²) in [6, 6.07) is 0. The zero-order chi connectivity index (χ0) is 13.2. The minimum Gasteiger partial charge on any atom is -0.285 e. The van der Waals surface area contributed by atoms with Gasteiger partial charge >= 0.3 is 0 Å². The van der Waals surface area contributed by atoms with Gasteiger partial charge in [0, 0.05) is 16.2 Å². The molecule has 0 radical (unpaired) electrons. The van der Waals surface area contributed by atoms with Gasteiger partial charge in [0.25, 0.3) is 0 Å². The van der Waals surface area contributed by atoms with E-state index in [0.717, 1.165) is 0 Å². The van der Waals surface area contributed by atoms with Crippen molar-refractivity contribution in [3.63, 3.8) is 0 Å². The average Bonchev–Trinajstić information content (AvgIpc) is 2.20. The summed E-state index contributed by atoms with van der Waals surface area (Å²) in [7, 11) is 0. The normalized spacial score (nSPS) is 17.2. The van der Waals surface area contributed by atoms with Crippen LogP contribution in [0.4, 0.5) is 0 Å². The Morgan fingerprint density at radius 2 is 1.53 bits per heavy atom. The van der Waals surface area contributed by atoms with Crippen molar-refractivity contribution in [1.82, 2.24) is 0 Å². The first-order chi connectivity index (χ1) is 7.82. The van der Waals surface area contributed by atoms with Crippen LogP contribution in [0, 0.1) is 11.8 Å². The number of ketones is 2. The van der Waals surface area contributed by atoms with E-state index in [-0.39, 0.29) is 5.78 Å². The zero-order valence-corrected chi connectivity index (χ0v) is 11.6. The first-order valence-electron chi connectivity index (χ1n) is 6.01. The molecular formula is C14H19ClO2. The quantitative estimate of drug-likeness (QED) is 0.567. The molecule has 3 heteroatoms. The minimum absolute atomic E-state index is 0.315. The van der Waals surface area contributed by atoms with E-state index in [1.165, 1.54) is 0 Å². The molecule has 0 aromatic heterocycles. The Morgan fingerprint density at radius 3 is 2.00 bits per heavy atom. The van der Waals surface area contributed by atoms with Gasteiger partial charge in [-0.2, -0.15) is 0 Å². The maximum atomic E-state index is 11.9. The minimum atomic E-state index is -0.415. The fourth-order valence-corrected chi connectivity index (χ4v) is 2.18. The predicted octanol–water partition coefficient (Wildman–Crippen LogP) is 3.65. The third kappa shape index (κ3) is 3.53. The van der Waals surface area contributed by atoms with Crippen molar-refractivity contribution in [1.29, 1.82) is 0 Å². The molecule has 0 aromatic carbocycles. The van der Waals surface area contributed by atoms with Crippen molar-refractivity contribution in [2.75, 3.05) is 0 Å². The molecule has 0 saturated heterocycles. The fourth-order valence-electron chi connectivity index (χ4n) is 1.89. The van der Waals surface area contributed by atoms with Crippen molar-refractivity contribution < 1.29 is 9.59 Å². The molecule has 1 rings (SSSR count). The summed E-state index contributed by atoms with van der Waals surface area (Å²) >= 11 is 6.10. The lowest BCUT2D eigenvalue weighted by molar-refractivity contribution is -0.132. The lowest BCUT2D eigenvalue weighted by atomic mass is 9.87. The van der Waals surface area contributed by atoms with Crippen molar-refractivity contribution in [3.05, 3.63) is 22.3 Å². The van der Waals surface area contributed by atoms with Crippen LogP contribution in [-0.4, -0.2) is 11.6 Å². The van der Waals surface area contributed by atoms with Gasteiger partial charge in [0.2, 0.25) is 11.6 Å². The molecule has 0 fully saturated rings. The molecule has 0 saturated carbocycles. The molecule has 0 heterocycles. The van der Waals surface area contributed by atoms with Crippen LogP contribution in [0.5, 0.6) is 0 Å². The highest BCUT2D eigenvalue weighted by molar-refractivity contribution is 6.53. The van der Waals surface area contributed by atoms with Gasteiger partial charge in [-0.05, 0) is 30.8 Å². The highest BCUT2D eigenvalue weighted by Gasteiger charge is 2.29. The Kier molecular flexibility index (Phi) is 4.70. The summed E-state index contributed by atoms with van der Waals surface area (Å²) in [5.41, 5.74) is 1.02. The maximum absolute atomic E-state index is 11.9. The lowest BCUT2D eigenvalue weighted by Crippen LogP contribution is -2.24. The molecule has 0 aromatic rings. The van der Waals surface area contributed by atoms with E-state index in [4.69, 9.17) is 11.6 Å². The largest absolute Gasteiger partial charge is 0.285 e. The lowest BCUT2D eigenvalue weighted by Gasteiger charge is -2.17. The van der Waals surface area contributed by atoms with Gasteiger partial charge in [0.1, 0.15) is 0 Å². The van der Waals surface area contributed by atoms with E-state index >= 15 is 0 Å². The molecule has 0 aliphatic heterocycles. The van der Waals surface area contributed by atoms with Gasteiger partial charge in [-0.25, -0.2) is 0 Å². The second kappa shape index (κ2) is 5.63. The molecule has 0 spiro atoms. The topological polar surface area (TPSA) is 34.1 Å². The summed E-state index contributed by atoms with van der Waals surface area (Å²) in [5.74, 6) is -0.134. The number of allylic oxidation sites excluding steroid dienone is 4. The van der Waals surface area contributed by atoms with Gasteiger partial charge in [0.15, 0.2) is 0 Å². The summed E-state index contributed by atoms with van der Waals surface area (Å²) in [6.45, 7) is 8.03. The van der Waals surface area contributed by atoms with Crippen LogP contribution in [0.1, 0.15) is 40.5 Å². The SMILES string of the molecule is CC(C)CC1=CC(Cl)=C(CC(C)C)C(=O)C1=O. The molecule has 0 atom stereocenters. The second-order valence-electron chi connectivity index (χ2n) is 5.35. The Balaban J connectivity index is 3.04. The summed E-state index contributed by atoms with van der Waals surface area (Å²) in [4.78, 5) is 23.8. The van der Waals surface area contributed by atoms with Gasteiger partial charge in [0.05, 0.1) is 0 Å². The van der Waals surface area contributed by atoms with E-state index < -0.39 is 5.78 Å². The Morgan fingerprint density at radius 1 is 1.00 bits per heavy atom. The Labute approximate surface area is 108 Å². The number of carbonyl (C=O) groups is 2. The molecule has 0 unspecified atom stereocenters. The molecule has 94 valence electrons. The fraction of sp³-hybridized carbons (Fsp3) is 0.571. The van der Waals surface area contributed by atoms with Gasteiger partial charge in [-0.15, -0.1) is 0 Å². The van der Waals surface area contributed by atoms with Gasteiger partial charge < -0.3 is 0 Å². The third-order valence-electron chi connectivity index (χ3n) is 2.60. The van der Waals surface area contributed by atoms with E-state index in [1.54, 1.807) is 6.08 Å². The van der Waals surface area contributed by atoms with Crippen molar-refractivity contribution in [3.8, 4) is 0 Å². The number of hydrogen-bond acceptors (Lipinski definition) is 2. The monoisotopic (exact) mass is 254 g/mol. The van der Waals surface area contributed by atoms with Crippen molar-refractivity contribution >= 4 is 23.2 Å². The van der Waals surface area contributed by atoms with Crippen molar-refractivity contribution in [2.45, 2.75) is 40.5 Å². The van der Waals surface area contributed by atoms with E-state index in [0.29, 0.717) is 40.9 Å². The summed E-state index contributed by atoms with van der Waals surface area (Å²) < 4.78 is 0. The van der Waals surface area contributed by atoms with Crippen LogP contribution in [0.25, 0.3) is 0 Å². The maximum Gasteiger partial charge on any atom is 0.230 e. The predicted molar refractivity (Wildman–Crippen MR) is 69.9 cm³/mol. The Bertz CT molecular complexity index is 400. The number of halogens is 1. The van der Waals surface area contributed by atoms with Crippen LogP contribution >= 0.6 is 11.6 Å². The molecule has 1 aliphatic carbocycles. The van der Waals surface area contributed by atoms with E-state index in [9.17, 15) is 9.59 Å². The number of rotatable bonds is 4. The third-order valence-corrected chi connectivity index (χ3v) is 2.94. The summed E-state index contributed by atoms with van der Waals surface area (Å²) in [6.07, 6.45) is 2.84. The first-order valence-corrected chi connectivity index (χ1v) is 6.39. The molecule has 0 bridgehead atoms. The van der Waals surface area contributed by atoms with E-state index in [1.807, 2.05) is 27.7 Å². The van der Waals surface area contributed by atoms with Crippen LogP contribution < -0.4 is 0 Å². The first kappa shape index (κ1) is 14.2. The average molecular weight is 255 g/mol. The Hall–Kier alpha value is -0.890. The zero-order valence-electron chi connectivity index (χ0n) is 10.8. The van der Waals surface area contributed by atoms with E-state index in [2.05, 4.69) is 0 Å². The number of hydrogen-bond donors (Lipinski definition) is 0. The molecule has 2 nitrogen and oxygen atoms in total. The van der Waals surface area contributed by atoms with Crippen molar-refractivity contribution in [2.24, 2.45) is 11.8 Å². The summed E-state index contributed by atoms with van der Waals surface area (Å²) in [5, 5.41) is 0.443. The highest BCUT2D eigenvalue weighted by atomic mass is 35.5. The molecule has 1 aliphatic rings. The second-order valence-corrected chi connectivity index (χ2v) is 5.76. The van der Waals surface area contributed by atoms with Gasteiger partial charge in [-0.3, -0.25) is 9.59 Å². The van der Waals surface area contributed by atoms with Gasteiger partial charge in [-0.1, -0.05) is 39.3 Å².